The highest BCUT2D eigenvalue weighted by atomic mass is 16.5. The maximum absolute atomic E-state index is 11.8. The quantitative estimate of drug-likeness (QED) is 0.607. The number of carbonyl (C=O) groups is 3. The van der Waals surface area contributed by atoms with Gasteiger partial charge in [-0.05, 0) is 6.92 Å². The first-order chi connectivity index (χ1) is 8.00. The Hall–Kier alpha value is -1.63. The van der Waals surface area contributed by atoms with E-state index < -0.39 is 24.3 Å². The lowest BCUT2D eigenvalue weighted by Gasteiger charge is -2.29. The predicted molar refractivity (Wildman–Crippen MR) is 57.3 cm³/mol. The number of carboxylic acid groups (broad SMARTS) is 1. The zero-order valence-corrected chi connectivity index (χ0v) is 9.64. The Morgan fingerprint density at radius 3 is 2.47 bits per heavy atom. The van der Waals surface area contributed by atoms with E-state index in [0.717, 1.165) is 0 Å². The lowest BCUT2D eigenvalue weighted by Crippen LogP contribution is -2.50. The Bertz CT molecular complexity index is 312. The normalized spacial score (nSPS) is 17.4. The van der Waals surface area contributed by atoms with Crippen LogP contribution < -0.4 is 5.32 Å². The van der Waals surface area contributed by atoms with Gasteiger partial charge < -0.3 is 20.1 Å². The van der Waals surface area contributed by atoms with E-state index in [-0.39, 0.29) is 5.91 Å². The van der Waals surface area contributed by atoms with Crippen molar-refractivity contribution in [3.8, 4) is 0 Å². The molecule has 0 radical (unpaired) electrons. The van der Waals surface area contributed by atoms with Crippen molar-refractivity contribution in [1.82, 2.24) is 10.2 Å². The van der Waals surface area contributed by atoms with E-state index >= 15 is 0 Å². The number of nitrogens with zero attached hydrogens (tertiary/aromatic N) is 1. The summed E-state index contributed by atoms with van der Waals surface area (Å²) in [6.07, 6.45) is -0.624. The van der Waals surface area contributed by atoms with Crippen LogP contribution in [-0.4, -0.2) is 60.1 Å². The zero-order chi connectivity index (χ0) is 12.8. The summed E-state index contributed by atoms with van der Waals surface area (Å²) in [6.45, 7) is 3.51. The van der Waals surface area contributed by atoms with E-state index in [1.165, 1.54) is 6.92 Å². The van der Waals surface area contributed by atoms with Crippen molar-refractivity contribution in [2.75, 3.05) is 26.3 Å². The first-order valence-electron chi connectivity index (χ1n) is 5.38. The van der Waals surface area contributed by atoms with E-state index in [1.54, 1.807) is 4.90 Å². The number of hydrogen-bond acceptors (Lipinski definition) is 4. The highest BCUT2D eigenvalue weighted by molar-refractivity contribution is 5.95. The van der Waals surface area contributed by atoms with Gasteiger partial charge in [-0.1, -0.05) is 0 Å². The number of morpholine rings is 1. The summed E-state index contributed by atoms with van der Waals surface area (Å²) in [5.74, 6) is -2.09. The van der Waals surface area contributed by atoms with Crippen molar-refractivity contribution in [3.05, 3.63) is 0 Å². The average molecular weight is 244 g/mol. The van der Waals surface area contributed by atoms with Crippen LogP contribution >= 0.6 is 0 Å². The van der Waals surface area contributed by atoms with Crippen LogP contribution in [-0.2, 0) is 19.1 Å². The Labute approximate surface area is 98.7 Å². The van der Waals surface area contributed by atoms with Gasteiger partial charge in [-0.2, -0.15) is 0 Å². The Balaban J connectivity index is 2.40. The molecule has 0 aromatic heterocycles. The molecule has 0 bridgehead atoms. The van der Waals surface area contributed by atoms with Crippen LogP contribution in [0, 0.1) is 0 Å². The molecule has 96 valence electrons. The number of hydrogen-bond donors (Lipinski definition) is 2. The molecule has 1 aliphatic heterocycles. The molecule has 2 amide bonds. The van der Waals surface area contributed by atoms with Gasteiger partial charge >= 0.3 is 5.97 Å². The van der Waals surface area contributed by atoms with Gasteiger partial charge in [0.25, 0.3) is 0 Å². The maximum Gasteiger partial charge on any atom is 0.312 e. The smallest absolute Gasteiger partial charge is 0.312 e. The molecule has 2 N–H and O–H groups in total. The third kappa shape index (κ3) is 4.39. The molecule has 1 atom stereocenters. The van der Waals surface area contributed by atoms with Gasteiger partial charge in [0.1, 0.15) is 12.5 Å². The van der Waals surface area contributed by atoms with Crippen molar-refractivity contribution in [2.24, 2.45) is 0 Å². The third-order valence-electron chi connectivity index (χ3n) is 2.38. The third-order valence-corrected chi connectivity index (χ3v) is 2.38. The molecule has 0 aliphatic carbocycles. The van der Waals surface area contributed by atoms with Crippen molar-refractivity contribution in [1.29, 1.82) is 0 Å². The Morgan fingerprint density at radius 1 is 1.35 bits per heavy atom. The topological polar surface area (TPSA) is 95.9 Å². The van der Waals surface area contributed by atoms with Crippen LogP contribution in [0.4, 0.5) is 0 Å². The minimum Gasteiger partial charge on any atom is -0.481 e. The summed E-state index contributed by atoms with van der Waals surface area (Å²) in [6, 6.07) is -0.708. The first kappa shape index (κ1) is 13.4. The lowest BCUT2D eigenvalue weighted by molar-refractivity contribution is -0.143. The number of ether oxygens (including phenoxy) is 1. The van der Waals surface area contributed by atoms with Crippen molar-refractivity contribution in [3.63, 3.8) is 0 Å². The fraction of sp³-hybridized carbons (Fsp3) is 0.700. The Morgan fingerprint density at radius 2 is 1.94 bits per heavy atom. The van der Waals surface area contributed by atoms with Gasteiger partial charge in [0.2, 0.25) is 11.8 Å². The first-order valence-corrected chi connectivity index (χ1v) is 5.38. The highest BCUT2D eigenvalue weighted by Gasteiger charge is 2.23. The van der Waals surface area contributed by atoms with E-state index in [4.69, 9.17) is 9.84 Å². The molecule has 7 heteroatoms. The number of rotatable bonds is 4. The summed E-state index contributed by atoms with van der Waals surface area (Å²) in [7, 11) is 0. The van der Waals surface area contributed by atoms with Crippen LogP contribution in [0.15, 0.2) is 0 Å². The molecule has 1 aliphatic rings. The largest absolute Gasteiger partial charge is 0.481 e. The van der Waals surface area contributed by atoms with Crippen LogP contribution in [0.1, 0.15) is 13.3 Å². The van der Waals surface area contributed by atoms with Crippen molar-refractivity contribution in [2.45, 2.75) is 19.4 Å². The minimum atomic E-state index is -1.21. The molecule has 1 unspecified atom stereocenters. The van der Waals surface area contributed by atoms with Crippen LogP contribution in [0.3, 0.4) is 0 Å². The fourth-order valence-corrected chi connectivity index (χ4v) is 1.55. The van der Waals surface area contributed by atoms with E-state index in [9.17, 15) is 14.4 Å². The summed E-state index contributed by atoms with van der Waals surface area (Å²) in [5.41, 5.74) is 0. The predicted octanol–water partition coefficient (Wildman–Crippen LogP) is -1.18. The molecule has 1 heterocycles. The van der Waals surface area contributed by atoms with Crippen LogP contribution in [0.5, 0.6) is 0 Å². The summed E-state index contributed by atoms with van der Waals surface area (Å²) in [5, 5.41) is 10.8. The molecule has 0 spiro atoms. The van der Waals surface area contributed by atoms with Crippen LogP contribution in [0.25, 0.3) is 0 Å². The molecule has 0 aromatic carbocycles. The fourth-order valence-electron chi connectivity index (χ4n) is 1.55. The van der Waals surface area contributed by atoms with E-state index in [0.29, 0.717) is 26.3 Å². The SMILES string of the molecule is CC(NC(=O)CC(=O)O)C(=O)N1CCOCC1. The van der Waals surface area contributed by atoms with Crippen LogP contribution in [0.2, 0.25) is 0 Å². The molecule has 7 nitrogen and oxygen atoms in total. The minimum absolute atomic E-state index is 0.216. The van der Waals surface area contributed by atoms with Gasteiger partial charge in [0.05, 0.1) is 13.2 Å². The summed E-state index contributed by atoms with van der Waals surface area (Å²) >= 11 is 0. The number of nitrogens with one attached hydrogen (secondary N) is 1. The number of aliphatic carboxylic acids is 1. The Kier molecular flexibility index (Phi) is 4.89. The number of carbonyl (C=O) groups excluding carboxylic acids is 2. The summed E-state index contributed by atoms with van der Waals surface area (Å²) in [4.78, 5) is 34.9. The van der Waals surface area contributed by atoms with E-state index in [1.807, 2.05) is 0 Å². The standard InChI is InChI=1S/C10H16N2O5/c1-7(11-8(13)6-9(14)15)10(16)12-2-4-17-5-3-12/h7H,2-6H2,1H3,(H,11,13)(H,14,15). The van der Waals surface area contributed by atoms with Gasteiger partial charge in [-0.3, -0.25) is 14.4 Å². The molecule has 0 aromatic rings. The van der Waals surface area contributed by atoms with Crippen molar-refractivity contribution < 1.29 is 24.2 Å². The monoisotopic (exact) mass is 244 g/mol. The number of amides is 2. The second-order valence-electron chi connectivity index (χ2n) is 3.80. The van der Waals surface area contributed by atoms with Crippen molar-refractivity contribution >= 4 is 17.8 Å². The molecule has 1 saturated heterocycles. The highest BCUT2D eigenvalue weighted by Crippen LogP contribution is 2.00. The summed E-state index contributed by atoms with van der Waals surface area (Å²) < 4.78 is 5.10. The van der Waals surface area contributed by atoms with Gasteiger partial charge in [0.15, 0.2) is 0 Å². The molecule has 0 saturated carbocycles. The zero-order valence-electron chi connectivity index (χ0n) is 9.64. The second kappa shape index (κ2) is 6.19. The molecule has 1 rings (SSSR count). The molecular weight excluding hydrogens is 228 g/mol. The molecular formula is C10H16N2O5. The maximum atomic E-state index is 11.8. The average Bonchev–Trinajstić information content (AvgIpc) is 2.28. The lowest BCUT2D eigenvalue weighted by atomic mass is 10.2. The molecule has 17 heavy (non-hydrogen) atoms. The van der Waals surface area contributed by atoms with Gasteiger partial charge in [0, 0.05) is 13.1 Å². The van der Waals surface area contributed by atoms with Gasteiger partial charge in [-0.25, -0.2) is 0 Å². The van der Waals surface area contributed by atoms with Gasteiger partial charge in [-0.15, -0.1) is 0 Å². The molecule has 1 fully saturated rings. The number of carboxylic acids is 1. The van der Waals surface area contributed by atoms with E-state index in [2.05, 4.69) is 5.32 Å². The second-order valence-corrected chi connectivity index (χ2v) is 3.80.